The Hall–Kier alpha value is -1.88. The van der Waals surface area contributed by atoms with Crippen molar-refractivity contribution in [1.82, 2.24) is 0 Å². The van der Waals surface area contributed by atoms with Gasteiger partial charge in [0.1, 0.15) is 17.8 Å². The summed E-state index contributed by atoms with van der Waals surface area (Å²) < 4.78 is 10.3. The Balaban J connectivity index is 2.57. The fourth-order valence-corrected chi connectivity index (χ4v) is 1.64. The van der Waals surface area contributed by atoms with E-state index in [1.54, 1.807) is 19.1 Å². The first kappa shape index (κ1) is 17.2. The van der Waals surface area contributed by atoms with Crippen LogP contribution in [0.3, 0.4) is 0 Å². The SMILES string of the molecule is CCOC(=O)C(C)(C)C(=O)COc1ccc(CCO)cc1. The van der Waals surface area contributed by atoms with Gasteiger partial charge in [-0.25, -0.2) is 0 Å². The highest BCUT2D eigenvalue weighted by Gasteiger charge is 2.37. The van der Waals surface area contributed by atoms with Gasteiger partial charge in [0.05, 0.1) is 6.61 Å². The largest absolute Gasteiger partial charge is 0.486 e. The Morgan fingerprint density at radius 1 is 1.19 bits per heavy atom. The first-order valence-corrected chi connectivity index (χ1v) is 6.95. The molecule has 116 valence electrons. The number of benzene rings is 1. The van der Waals surface area contributed by atoms with Gasteiger partial charge in [0.2, 0.25) is 0 Å². The lowest BCUT2D eigenvalue weighted by molar-refractivity contribution is -0.158. The molecule has 0 amide bonds. The molecule has 1 aromatic rings. The minimum absolute atomic E-state index is 0.0897. The standard InChI is InChI=1S/C16H22O5/c1-4-20-15(19)16(2,3)14(18)11-21-13-7-5-12(6-8-13)9-10-17/h5-8,17H,4,9-11H2,1-3H3. The number of aliphatic hydroxyl groups is 1. The van der Waals surface area contributed by atoms with Crippen LogP contribution in [0.1, 0.15) is 26.3 Å². The zero-order valence-electron chi connectivity index (χ0n) is 12.7. The monoisotopic (exact) mass is 294 g/mol. The average molecular weight is 294 g/mol. The number of Topliss-reactive ketones (excluding diaryl/α,β-unsaturated/α-hetero) is 1. The Morgan fingerprint density at radius 2 is 1.81 bits per heavy atom. The highest BCUT2D eigenvalue weighted by atomic mass is 16.5. The van der Waals surface area contributed by atoms with Gasteiger partial charge in [0.15, 0.2) is 5.78 Å². The van der Waals surface area contributed by atoms with E-state index in [9.17, 15) is 9.59 Å². The van der Waals surface area contributed by atoms with Gasteiger partial charge in [-0.2, -0.15) is 0 Å². The first-order chi connectivity index (χ1) is 9.91. The number of hydrogen-bond acceptors (Lipinski definition) is 5. The molecule has 0 saturated carbocycles. The van der Waals surface area contributed by atoms with Gasteiger partial charge in [-0.3, -0.25) is 9.59 Å². The van der Waals surface area contributed by atoms with E-state index in [0.717, 1.165) is 5.56 Å². The molecule has 0 aliphatic heterocycles. The molecular weight excluding hydrogens is 272 g/mol. The zero-order valence-corrected chi connectivity index (χ0v) is 12.7. The van der Waals surface area contributed by atoms with Crippen LogP contribution < -0.4 is 4.74 Å². The molecule has 21 heavy (non-hydrogen) atoms. The van der Waals surface area contributed by atoms with Crippen molar-refractivity contribution in [3.8, 4) is 5.75 Å². The highest BCUT2D eigenvalue weighted by Crippen LogP contribution is 2.20. The van der Waals surface area contributed by atoms with Crippen LogP contribution in [0.4, 0.5) is 0 Å². The summed E-state index contributed by atoms with van der Waals surface area (Å²) >= 11 is 0. The predicted molar refractivity (Wildman–Crippen MR) is 78.1 cm³/mol. The number of ether oxygens (including phenoxy) is 2. The first-order valence-electron chi connectivity index (χ1n) is 6.95. The van der Waals surface area contributed by atoms with E-state index >= 15 is 0 Å². The van der Waals surface area contributed by atoms with E-state index in [0.29, 0.717) is 12.2 Å². The number of esters is 1. The zero-order chi connectivity index (χ0) is 15.9. The number of carbonyl (C=O) groups excluding carboxylic acids is 2. The summed E-state index contributed by atoms with van der Waals surface area (Å²) in [6, 6.07) is 7.12. The minimum Gasteiger partial charge on any atom is -0.486 e. The molecular formula is C16H22O5. The van der Waals surface area contributed by atoms with Crippen molar-refractivity contribution in [2.45, 2.75) is 27.2 Å². The van der Waals surface area contributed by atoms with E-state index < -0.39 is 11.4 Å². The van der Waals surface area contributed by atoms with Crippen molar-refractivity contribution in [2.75, 3.05) is 19.8 Å². The molecule has 0 radical (unpaired) electrons. The van der Waals surface area contributed by atoms with Crippen LogP contribution in [0.2, 0.25) is 0 Å². The number of rotatable bonds is 8. The summed E-state index contributed by atoms with van der Waals surface area (Å²) in [6.07, 6.45) is 0.578. The van der Waals surface area contributed by atoms with Crippen molar-refractivity contribution in [3.05, 3.63) is 29.8 Å². The third-order valence-corrected chi connectivity index (χ3v) is 3.18. The van der Waals surface area contributed by atoms with Crippen LogP contribution in [0.5, 0.6) is 5.75 Å². The second-order valence-electron chi connectivity index (χ2n) is 5.17. The molecule has 5 nitrogen and oxygen atoms in total. The van der Waals surface area contributed by atoms with E-state index in [1.165, 1.54) is 13.8 Å². The summed E-state index contributed by atoms with van der Waals surface area (Å²) in [7, 11) is 0. The van der Waals surface area contributed by atoms with Gasteiger partial charge in [-0.15, -0.1) is 0 Å². The lowest BCUT2D eigenvalue weighted by Gasteiger charge is -2.20. The maximum absolute atomic E-state index is 12.1. The van der Waals surface area contributed by atoms with Crippen molar-refractivity contribution in [1.29, 1.82) is 0 Å². The molecule has 0 aromatic heterocycles. The summed E-state index contributed by atoms with van der Waals surface area (Å²) in [5, 5.41) is 8.83. The van der Waals surface area contributed by atoms with Gasteiger partial charge in [0.25, 0.3) is 0 Å². The lowest BCUT2D eigenvalue weighted by Crippen LogP contribution is -2.38. The van der Waals surface area contributed by atoms with Gasteiger partial charge in [-0.05, 0) is 44.9 Å². The van der Waals surface area contributed by atoms with Gasteiger partial charge in [0, 0.05) is 6.61 Å². The van der Waals surface area contributed by atoms with Crippen LogP contribution in [-0.2, 0) is 20.7 Å². The molecule has 0 aliphatic rings. The third kappa shape index (κ3) is 4.86. The van der Waals surface area contributed by atoms with E-state index in [4.69, 9.17) is 14.6 Å². The van der Waals surface area contributed by atoms with Crippen LogP contribution in [0.25, 0.3) is 0 Å². The maximum atomic E-state index is 12.1. The van der Waals surface area contributed by atoms with Crippen LogP contribution in [0, 0.1) is 5.41 Å². The fraction of sp³-hybridized carbons (Fsp3) is 0.500. The molecule has 0 spiro atoms. The van der Waals surface area contributed by atoms with Gasteiger partial charge in [-0.1, -0.05) is 12.1 Å². The van der Waals surface area contributed by atoms with Crippen molar-refractivity contribution in [3.63, 3.8) is 0 Å². The minimum atomic E-state index is -1.22. The lowest BCUT2D eigenvalue weighted by atomic mass is 9.88. The number of hydrogen-bond donors (Lipinski definition) is 1. The summed E-state index contributed by atoms with van der Waals surface area (Å²) in [5.41, 5.74) is -0.227. The normalized spacial score (nSPS) is 11.0. The molecule has 5 heteroatoms. The van der Waals surface area contributed by atoms with Gasteiger partial charge >= 0.3 is 5.97 Å². The summed E-state index contributed by atoms with van der Waals surface area (Å²) in [5.74, 6) is -0.332. The van der Waals surface area contributed by atoms with Crippen molar-refractivity contribution >= 4 is 11.8 Å². The van der Waals surface area contributed by atoms with Crippen molar-refractivity contribution in [2.24, 2.45) is 5.41 Å². The number of carbonyl (C=O) groups is 2. The molecule has 1 rings (SSSR count). The number of aliphatic hydroxyl groups excluding tert-OH is 1. The molecule has 0 unspecified atom stereocenters. The van der Waals surface area contributed by atoms with Crippen LogP contribution >= 0.6 is 0 Å². The summed E-state index contributed by atoms with van der Waals surface area (Å²) in [6.45, 7) is 4.89. The Kier molecular flexibility index (Phi) is 6.37. The second kappa shape index (κ2) is 7.78. The molecule has 0 atom stereocenters. The fourth-order valence-electron chi connectivity index (χ4n) is 1.64. The highest BCUT2D eigenvalue weighted by molar-refractivity contribution is 6.03. The predicted octanol–water partition coefficient (Wildman–Crippen LogP) is 1.76. The Labute approximate surface area is 124 Å². The van der Waals surface area contributed by atoms with E-state index in [1.807, 2.05) is 12.1 Å². The van der Waals surface area contributed by atoms with E-state index in [-0.39, 0.29) is 25.6 Å². The molecule has 0 heterocycles. The maximum Gasteiger partial charge on any atom is 0.319 e. The molecule has 0 saturated heterocycles. The molecule has 1 aromatic carbocycles. The Bertz CT molecular complexity index is 476. The quantitative estimate of drug-likeness (QED) is 0.584. The topological polar surface area (TPSA) is 72.8 Å². The Morgan fingerprint density at radius 3 is 2.33 bits per heavy atom. The van der Waals surface area contributed by atoms with Gasteiger partial charge < -0.3 is 14.6 Å². The number of ketones is 1. The molecule has 0 fully saturated rings. The second-order valence-corrected chi connectivity index (χ2v) is 5.17. The van der Waals surface area contributed by atoms with E-state index in [2.05, 4.69) is 0 Å². The average Bonchev–Trinajstić information content (AvgIpc) is 2.46. The van der Waals surface area contributed by atoms with Crippen LogP contribution in [0.15, 0.2) is 24.3 Å². The summed E-state index contributed by atoms with van der Waals surface area (Å²) in [4.78, 5) is 23.8. The molecule has 0 bridgehead atoms. The molecule has 0 aliphatic carbocycles. The third-order valence-electron chi connectivity index (χ3n) is 3.18. The van der Waals surface area contributed by atoms with Crippen LogP contribution in [-0.4, -0.2) is 36.7 Å². The van der Waals surface area contributed by atoms with Crippen molar-refractivity contribution < 1.29 is 24.2 Å². The smallest absolute Gasteiger partial charge is 0.319 e. The molecule has 1 N–H and O–H groups in total.